The van der Waals surface area contributed by atoms with Gasteiger partial charge >= 0.3 is 0 Å². The molecule has 28 heavy (non-hydrogen) atoms. The van der Waals surface area contributed by atoms with Crippen LogP contribution >= 0.6 is 43.6 Å². The summed E-state index contributed by atoms with van der Waals surface area (Å²) in [6, 6.07) is 7.40. The van der Waals surface area contributed by atoms with Crippen LogP contribution in [0.5, 0.6) is 11.5 Å². The average molecular weight is 530 g/mol. The molecule has 9 heteroatoms. The van der Waals surface area contributed by atoms with Gasteiger partial charge in [-0.1, -0.05) is 0 Å². The minimum Gasteiger partial charge on any atom is -0.503 e. The van der Waals surface area contributed by atoms with Gasteiger partial charge in [0.05, 0.1) is 22.2 Å². The molecule has 5 nitrogen and oxygen atoms in total. The zero-order valence-electron chi connectivity index (χ0n) is 14.9. The highest BCUT2D eigenvalue weighted by atomic mass is 79.9. The standard InChI is InChI=1S/C19H15Br2FN2O3S/c1-3-24-18(26)14(28-19(24)23-12-6-4-11(22)5-7-12)9-10-8-13(27-2)17(25)16(21)15(10)20/h4-9,25H,3H2,1-2H3/b14-9+,23-19?. The number of halogens is 3. The number of amidine groups is 1. The minimum atomic E-state index is -0.344. The molecule has 1 aliphatic heterocycles. The lowest BCUT2D eigenvalue weighted by atomic mass is 10.2. The van der Waals surface area contributed by atoms with E-state index < -0.39 is 0 Å². The van der Waals surface area contributed by atoms with Gasteiger partial charge in [-0.05, 0) is 92.5 Å². The van der Waals surface area contributed by atoms with Gasteiger partial charge in [-0.15, -0.1) is 0 Å². The number of hydrogen-bond donors (Lipinski definition) is 1. The second-order valence-corrected chi connectivity index (χ2v) is 8.27. The summed E-state index contributed by atoms with van der Waals surface area (Å²) in [6.45, 7) is 2.31. The molecule has 1 saturated heterocycles. The number of likely N-dealkylation sites (N-methyl/N-ethyl adjacent to an activating group) is 1. The third-order valence-corrected chi connectivity index (χ3v) is 7.10. The van der Waals surface area contributed by atoms with Gasteiger partial charge in [0.15, 0.2) is 16.7 Å². The Kier molecular flexibility index (Phi) is 6.47. The number of phenolic OH excluding ortho intramolecular Hbond substituents is 1. The molecule has 0 bridgehead atoms. The number of phenols is 1. The Morgan fingerprint density at radius 1 is 1.29 bits per heavy atom. The summed E-state index contributed by atoms with van der Waals surface area (Å²) in [4.78, 5) is 19.3. The van der Waals surface area contributed by atoms with Crippen molar-refractivity contribution in [3.63, 3.8) is 0 Å². The van der Waals surface area contributed by atoms with Gasteiger partial charge in [0, 0.05) is 11.0 Å². The molecule has 0 aromatic heterocycles. The molecular formula is C19H15Br2FN2O3S. The number of ether oxygens (including phenoxy) is 1. The quantitative estimate of drug-likeness (QED) is 0.517. The van der Waals surface area contributed by atoms with Crippen LogP contribution in [0.15, 0.2) is 49.2 Å². The maximum absolute atomic E-state index is 13.1. The van der Waals surface area contributed by atoms with Gasteiger partial charge in [-0.3, -0.25) is 9.69 Å². The molecule has 146 valence electrons. The largest absolute Gasteiger partial charge is 0.503 e. The second kappa shape index (κ2) is 8.67. The first-order chi connectivity index (χ1) is 13.3. The van der Waals surface area contributed by atoms with Crippen molar-refractivity contribution in [2.24, 2.45) is 4.99 Å². The summed E-state index contributed by atoms with van der Waals surface area (Å²) < 4.78 is 19.3. The number of hydrogen-bond acceptors (Lipinski definition) is 5. The van der Waals surface area contributed by atoms with Crippen LogP contribution in [0, 0.1) is 5.82 Å². The Hall–Kier alpha value is -1.84. The Morgan fingerprint density at radius 3 is 2.57 bits per heavy atom. The van der Waals surface area contributed by atoms with Gasteiger partial charge in [0.25, 0.3) is 5.91 Å². The van der Waals surface area contributed by atoms with Gasteiger partial charge < -0.3 is 9.84 Å². The third-order valence-electron chi connectivity index (χ3n) is 3.94. The number of aliphatic imine (C=N–C) groups is 1. The third kappa shape index (κ3) is 4.11. The van der Waals surface area contributed by atoms with E-state index >= 15 is 0 Å². The summed E-state index contributed by atoms with van der Waals surface area (Å²) >= 11 is 7.97. The number of methoxy groups -OCH3 is 1. The molecule has 0 radical (unpaired) electrons. The van der Waals surface area contributed by atoms with Crippen LogP contribution in [0.2, 0.25) is 0 Å². The highest BCUT2D eigenvalue weighted by Gasteiger charge is 2.32. The normalized spacial score (nSPS) is 17.0. The van der Waals surface area contributed by atoms with Crippen molar-refractivity contribution >= 4 is 66.5 Å². The van der Waals surface area contributed by atoms with Crippen LogP contribution in [0.3, 0.4) is 0 Å². The lowest BCUT2D eigenvalue weighted by Gasteiger charge is -2.12. The number of benzene rings is 2. The smallest absolute Gasteiger partial charge is 0.266 e. The van der Waals surface area contributed by atoms with E-state index in [2.05, 4.69) is 36.9 Å². The Morgan fingerprint density at radius 2 is 1.96 bits per heavy atom. The Bertz CT molecular complexity index is 994. The van der Waals surface area contributed by atoms with Crippen molar-refractivity contribution in [3.8, 4) is 11.5 Å². The average Bonchev–Trinajstić information content (AvgIpc) is 2.98. The van der Waals surface area contributed by atoms with Crippen LogP contribution in [0.25, 0.3) is 6.08 Å². The first kappa shape index (κ1) is 20.9. The molecule has 0 unspecified atom stereocenters. The van der Waals surface area contributed by atoms with Crippen LogP contribution in [-0.2, 0) is 4.79 Å². The number of carbonyl (C=O) groups excluding carboxylic acids is 1. The number of rotatable bonds is 4. The molecule has 1 amide bonds. The molecule has 3 rings (SSSR count). The molecule has 2 aromatic carbocycles. The zero-order chi connectivity index (χ0) is 20.4. The van der Waals surface area contributed by atoms with Gasteiger partial charge in [-0.25, -0.2) is 9.38 Å². The Labute approximate surface area is 182 Å². The van der Waals surface area contributed by atoms with Gasteiger partial charge in [0.2, 0.25) is 0 Å². The van der Waals surface area contributed by atoms with Crippen molar-refractivity contribution in [2.75, 3.05) is 13.7 Å². The maximum atomic E-state index is 13.1. The molecule has 1 N–H and O–H groups in total. The van der Waals surface area contributed by atoms with Crippen molar-refractivity contribution in [1.82, 2.24) is 4.90 Å². The number of thioether (sulfide) groups is 1. The number of aromatic hydroxyl groups is 1. The van der Waals surface area contributed by atoms with E-state index in [4.69, 9.17) is 4.74 Å². The molecule has 0 atom stereocenters. The molecule has 1 heterocycles. The van der Waals surface area contributed by atoms with E-state index in [0.717, 1.165) is 0 Å². The van der Waals surface area contributed by atoms with Crippen LogP contribution in [0.1, 0.15) is 12.5 Å². The summed E-state index contributed by atoms with van der Waals surface area (Å²) in [5, 5.41) is 10.6. The summed E-state index contributed by atoms with van der Waals surface area (Å²) in [5.41, 5.74) is 1.23. The molecular weight excluding hydrogens is 515 g/mol. The maximum Gasteiger partial charge on any atom is 0.266 e. The van der Waals surface area contributed by atoms with Gasteiger partial charge in [0.1, 0.15) is 5.82 Å². The molecule has 0 saturated carbocycles. The molecule has 2 aromatic rings. The first-order valence-electron chi connectivity index (χ1n) is 8.16. The lowest BCUT2D eigenvalue weighted by Crippen LogP contribution is -2.28. The highest BCUT2D eigenvalue weighted by molar-refractivity contribution is 9.13. The van der Waals surface area contributed by atoms with Gasteiger partial charge in [-0.2, -0.15) is 0 Å². The van der Waals surface area contributed by atoms with Crippen LogP contribution in [-0.4, -0.2) is 34.7 Å². The zero-order valence-corrected chi connectivity index (χ0v) is 18.9. The first-order valence-corrected chi connectivity index (χ1v) is 10.6. The van der Waals surface area contributed by atoms with E-state index in [1.165, 1.54) is 31.0 Å². The molecule has 0 spiro atoms. The molecule has 1 aliphatic rings. The minimum absolute atomic E-state index is 0.0318. The van der Waals surface area contributed by atoms with E-state index in [-0.39, 0.29) is 23.2 Å². The van der Waals surface area contributed by atoms with Crippen molar-refractivity contribution in [2.45, 2.75) is 6.92 Å². The van der Waals surface area contributed by atoms with Crippen molar-refractivity contribution < 1.29 is 19.0 Å². The fraction of sp³-hybridized carbons (Fsp3) is 0.158. The van der Waals surface area contributed by atoms with E-state index in [1.807, 2.05) is 6.92 Å². The van der Waals surface area contributed by atoms with Crippen LogP contribution in [0.4, 0.5) is 10.1 Å². The number of amides is 1. The highest BCUT2D eigenvalue weighted by Crippen LogP contribution is 2.43. The lowest BCUT2D eigenvalue weighted by molar-refractivity contribution is -0.122. The summed E-state index contributed by atoms with van der Waals surface area (Å²) in [6.07, 6.45) is 1.71. The fourth-order valence-electron chi connectivity index (χ4n) is 2.51. The predicted molar refractivity (Wildman–Crippen MR) is 117 cm³/mol. The number of carbonyl (C=O) groups is 1. The van der Waals surface area contributed by atoms with Crippen LogP contribution < -0.4 is 4.74 Å². The Balaban J connectivity index is 2.01. The molecule has 1 fully saturated rings. The number of nitrogens with zero attached hydrogens (tertiary/aromatic N) is 2. The SMILES string of the molecule is CCN1C(=O)/C(=C\c2cc(OC)c(O)c(Br)c2Br)SC1=Nc1ccc(F)cc1. The van der Waals surface area contributed by atoms with Crippen molar-refractivity contribution in [1.29, 1.82) is 0 Å². The topological polar surface area (TPSA) is 62.1 Å². The summed E-state index contributed by atoms with van der Waals surface area (Å²) in [7, 11) is 1.45. The molecule has 0 aliphatic carbocycles. The second-order valence-electron chi connectivity index (χ2n) is 5.68. The monoisotopic (exact) mass is 528 g/mol. The van der Waals surface area contributed by atoms with E-state index in [9.17, 15) is 14.3 Å². The van der Waals surface area contributed by atoms with Crippen molar-refractivity contribution in [3.05, 3.63) is 55.6 Å². The predicted octanol–water partition coefficient (Wildman–Crippen LogP) is 5.69. The van der Waals surface area contributed by atoms with E-state index in [1.54, 1.807) is 29.2 Å². The fourth-order valence-corrected chi connectivity index (χ4v) is 4.40. The van der Waals surface area contributed by atoms with E-state index in [0.29, 0.717) is 36.8 Å². The summed E-state index contributed by atoms with van der Waals surface area (Å²) in [5.74, 6) is -0.271.